The summed E-state index contributed by atoms with van der Waals surface area (Å²) >= 11 is 0. The maximum atomic E-state index is 13.2. The molecule has 1 atom stereocenters. The standard InChI is InChI=1S/C24H29N3O5/c1-7-32-21(29)20-15(5)25-14(4)19(20)18(28)12-27-22(30)24(6,26-23(27)31)17-10-8-16(9-11-17)13(2)3/h8-11,13,25H,7,12H2,1-6H3,(H,26,31)/t24-/m1/s1. The van der Waals surface area contributed by atoms with Crippen LogP contribution < -0.4 is 5.32 Å². The molecule has 8 heteroatoms. The number of imide groups is 1. The molecule has 0 radical (unpaired) electrons. The number of carbonyl (C=O) groups excluding carboxylic acids is 4. The van der Waals surface area contributed by atoms with Gasteiger partial charge in [0, 0.05) is 11.4 Å². The first-order chi connectivity index (χ1) is 15.0. The quantitative estimate of drug-likeness (QED) is 0.389. The van der Waals surface area contributed by atoms with Crippen LogP contribution in [-0.2, 0) is 15.1 Å². The topological polar surface area (TPSA) is 109 Å². The number of aromatic amines is 1. The average molecular weight is 440 g/mol. The number of esters is 1. The molecule has 3 rings (SSSR count). The highest BCUT2D eigenvalue weighted by molar-refractivity contribution is 6.14. The SMILES string of the molecule is CCOC(=O)c1c(C)[nH]c(C)c1C(=O)CN1C(=O)N[C@](C)(c2ccc(C(C)C)cc2)C1=O. The first-order valence-electron chi connectivity index (χ1n) is 10.6. The van der Waals surface area contributed by atoms with Crippen LogP contribution in [0.4, 0.5) is 4.79 Å². The zero-order valence-corrected chi connectivity index (χ0v) is 19.3. The molecule has 0 spiro atoms. The van der Waals surface area contributed by atoms with Gasteiger partial charge in [0.25, 0.3) is 5.91 Å². The van der Waals surface area contributed by atoms with Gasteiger partial charge in [-0.15, -0.1) is 0 Å². The van der Waals surface area contributed by atoms with E-state index >= 15 is 0 Å². The molecule has 0 bridgehead atoms. The Morgan fingerprint density at radius 3 is 2.22 bits per heavy atom. The molecule has 1 fully saturated rings. The normalized spacial score (nSPS) is 18.3. The van der Waals surface area contributed by atoms with E-state index in [0.29, 0.717) is 22.9 Å². The van der Waals surface area contributed by atoms with Crippen LogP contribution in [-0.4, -0.2) is 46.7 Å². The van der Waals surface area contributed by atoms with Crippen molar-refractivity contribution >= 4 is 23.7 Å². The van der Waals surface area contributed by atoms with Gasteiger partial charge in [0.2, 0.25) is 0 Å². The Bertz CT molecular complexity index is 1080. The summed E-state index contributed by atoms with van der Waals surface area (Å²) in [7, 11) is 0. The summed E-state index contributed by atoms with van der Waals surface area (Å²) in [5.74, 6) is -1.32. The number of urea groups is 1. The van der Waals surface area contributed by atoms with Crippen LogP contribution in [0.3, 0.4) is 0 Å². The smallest absolute Gasteiger partial charge is 0.340 e. The Labute approximate surface area is 187 Å². The van der Waals surface area contributed by atoms with Crippen molar-refractivity contribution in [3.05, 3.63) is 57.9 Å². The summed E-state index contributed by atoms with van der Waals surface area (Å²) in [6, 6.07) is 6.84. The zero-order valence-electron chi connectivity index (χ0n) is 19.3. The van der Waals surface area contributed by atoms with Crippen molar-refractivity contribution in [1.29, 1.82) is 0 Å². The summed E-state index contributed by atoms with van der Waals surface area (Å²) in [5, 5.41) is 2.72. The highest BCUT2D eigenvalue weighted by atomic mass is 16.5. The molecule has 2 heterocycles. The van der Waals surface area contributed by atoms with Gasteiger partial charge in [0.05, 0.1) is 24.3 Å². The van der Waals surface area contributed by atoms with E-state index in [0.717, 1.165) is 10.5 Å². The third-order valence-corrected chi connectivity index (χ3v) is 5.86. The number of nitrogens with one attached hydrogen (secondary N) is 2. The fourth-order valence-corrected chi connectivity index (χ4v) is 4.05. The fraction of sp³-hybridized carbons (Fsp3) is 0.417. The van der Waals surface area contributed by atoms with Gasteiger partial charge in [-0.3, -0.25) is 14.5 Å². The van der Waals surface area contributed by atoms with Crippen molar-refractivity contribution in [2.24, 2.45) is 0 Å². The van der Waals surface area contributed by atoms with Crippen molar-refractivity contribution in [1.82, 2.24) is 15.2 Å². The first-order valence-corrected chi connectivity index (χ1v) is 10.6. The molecule has 0 saturated carbocycles. The number of hydrogen-bond donors (Lipinski definition) is 2. The molecule has 1 aliphatic heterocycles. The molecule has 0 aliphatic carbocycles. The Balaban J connectivity index is 1.88. The number of aromatic nitrogens is 1. The van der Waals surface area contributed by atoms with Gasteiger partial charge in [-0.1, -0.05) is 38.1 Å². The lowest BCUT2D eigenvalue weighted by atomic mass is 9.90. The van der Waals surface area contributed by atoms with Crippen LogP contribution in [0, 0.1) is 13.8 Å². The van der Waals surface area contributed by atoms with Crippen LogP contribution >= 0.6 is 0 Å². The number of ether oxygens (including phenoxy) is 1. The van der Waals surface area contributed by atoms with Gasteiger partial charge >= 0.3 is 12.0 Å². The second kappa shape index (κ2) is 8.61. The summed E-state index contributed by atoms with van der Waals surface area (Å²) in [5.41, 5.74) is 1.72. The molecule has 170 valence electrons. The van der Waals surface area contributed by atoms with E-state index in [-0.39, 0.29) is 17.7 Å². The summed E-state index contributed by atoms with van der Waals surface area (Å²) in [4.78, 5) is 55.3. The molecular formula is C24H29N3O5. The first kappa shape index (κ1) is 23.2. The highest BCUT2D eigenvalue weighted by Crippen LogP contribution is 2.30. The number of aryl methyl sites for hydroxylation is 2. The van der Waals surface area contributed by atoms with Gasteiger partial charge in [-0.2, -0.15) is 0 Å². The van der Waals surface area contributed by atoms with E-state index in [9.17, 15) is 19.2 Å². The number of Topliss-reactive ketones (excluding diaryl/α,β-unsaturated/α-hetero) is 1. The van der Waals surface area contributed by atoms with E-state index in [1.54, 1.807) is 27.7 Å². The number of ketones is 1. The van der Waals surface area contributed by atoms with E-state index in [4.69, 9.17) is 4.74 Å². The Morgan fingerprint density at radius 1 is 1.06 bits per heavy atom. The summed E-state index contributed by atoms with van der Waals surface area (Å²) < 4.78 is 5.07. The molecular weight excluding hydrogens is 410 g/mol. The molecule has 8 nitrogen and oxygen atoms in total. The third-order valence-electron chi connectivity index (χ3n) is 5.86. The third kappa shape index (κ3) is 3.92. The van der Waals surface area contributed by atoms with E-state index < -0.39 is 35.8 Å². The summed E-state index contributed by atoms with van der Waals surface area (Å²) in [6.07, 6.45) is 0. The minimum atomic E-state index is -1.28. The number of benzene rings is 1. The van der Waals surface area contributed by atoms with Gasteiger partial charge in [0.15, 0.2) is 5.78 Å². The molecule has 32 heavy (non-hydrogen) atoms. The number of hydrogen-bond acceptors (Lipinski definition) is 5. The van der Waals surface area contributed by atoms with Crippen LogP contribution in [0.1, 0.15) is 76.8 Å². The van der Waals surface area contributed by atoms with E-state index in [1.807, 2.05) is 24.3 Å². The Hall–Kier alpha value is -3.42. The monoisotopic (exact) mass is 439 g/mol. The molecule has 2 aromatic rings. The minimum absolute atomic E-state index is 0.133. The molecule has 1 aromatic carbocycles. The van der Waals surface area contributed by atoms with Crippen LogP contribution in [0.15, 0.2) is 24.3 Å². The maximum absolute atomic E-state index is 13.2. The van der Waals surface area contributed by atoms with Crippen LogP contribution in [0.5, 0.6) is 0 Å². The molecule has 1 aliphatic rings. The van der Waals surface area contributed by atoms with Gasteiger partial charge in [-0.25, -0.2) is 9.59 Å². The largest absolute Gasteiger partial charge is 0.462 e. The number of nitrogens with zero attached hydrogens (tertiary/aromatic N) is 1. The van der Waals surface area contributed by atoms with E-state index in [1.165, 1.54) is 0 Å². The van der Waals surface area contributed by atoms with Gasteiger partial charge < -0.3 is 15.0 Å². The number of rotatable bonds is 7. The lowest BCUT2D eigenvalue weighted by Crippen LogP contribution is -2.41. The Morgan fingerprint density at radius 2 is 1.66 bits per heavy atom. The predicted octanol–water partition coefficient (Wildman–Crippen LogP) is 3.58. The number of carbonyl (C=O) groups is 4. The second-order valence-corrected chi connectivity index (χ2v) is 8.49. The highest BCUT2D eigenvalue weighted by Gasteiger charge is 2.49. The number of H-pyrrole nitrogens is 1. The molecule has 3 amide bonds. The fourth-order valence-electron chi connectivity index (χ4n) is 4.05. The van der Waals surface area contributed by atoms with Crippen molar-refractivity contribution < 1.29 is 23.9 Å². The van der Waals surface area contributed by atoms with E-state index in [2.05, 4.69) is 24.1 Å². The molecule has 2 N–H and O–H groups in total. The average Bonchev–Trinajstić information content (AvgIpc) is 3.15. The van der Waals surface area contributed by atoms with Crippen molar-refractivity contribution in [2.45, 2.75) is 53.0 Å². The van der Waals surface area contributed by atoms with Gasteiger partial charge in [0.1, 0.15) is 5.54 Å². The maximum Gasteiger partial charge on any atom is 0.340 e. The van der Waals surface area contributed by atoms with Crippen LogP contribution in [0.2, 0.25) is 0 Å². The Kier molecular flexibility index (Phi) is 6.25. The molecule has 1 aromatic heterocycles. The minimum Gasteiger partial charge on any atom is -0.462 e. The summed E-state index contributed by atoms with van der Waals surface area (Å²) in [6.45, 7) is 10.5. The van der Waals surface area contributed by atoms with Crippen LogP contribution in [0.25, 0.3) is 0 Å². The molecule has 0 unspecified atom stereocenters. The lowest BCUT2D eigenvalue weighted by molar-refractivity contribution is -0.130. The van der Waals surface area contributed by atoms with Gasteiger partial charge in [-0.05, 0) is 44.7 Å². The molecule has 1 saturated heterocycles. The second-order valence-electron chi connectivity index (χ2n) is 8.49. The predicted molar refractivity (Wildman–Crippen MR) is 119 cm³/mol. The van der Waals surface area contributed by atoms with Crippen molar-refractivity contribution in [3.63, 3.8) is 0 Å². The van der Waals surface area contributed by atoms with Crippen molar-refractivity contribution in [2.75, 3.05) is 13.2 Å². The zero-order chi connectivity index (χ0) is 23.8. The number of amides is 3. The van der Waals surface area contributed by atoms with Crippen molar-refractivity contribution in [3.8, 4) is 0 Å². The lowest BCUT2D eigenvalue weighted by Gasteiger charge is -2.22.